The van der Waals surface area contributed by atoms with Crippen LogP contribution in [0.2, 0.25) is 0 Å². The predicted octanol–water partition coefficient (Wildman–Crippen LogP) is 3.12. The molecule has 1 aliphatic heterocycles. The van der Waals surface area contributed by atoms with E-state index in [1.54, 1.807) is 60.7 Å². The highest BCUT2D eigenvalue weighted by molar-refractivity contribution is 5.90. The van der Waals surface area contributed by atoms with E-state index in [2.05, 4.69) is 10.0 Å². The number of azide groups is 1. The Kier molecular flexibility index (Phi) is 6.80. The molecule has 9 heteroatoms. The summed E-state index contributed by atoms with van der Waals surface area (Å²) < 4.78 is 21.9. The van der Waals surface area contributed by atoms with E-state index < -0.39 is 36.5 Å². The van der Waals surface area contributed by atoms with Gasteiger partial charge in [0.25, 0.3) is 0 Å². The summed E-state index contributed by atoms with van der Waals surface area (Å²) in [4.78, 5) is 27.9. The molecule has 9 nitrogen and oxygen atoms in total. The third-order valence-corrected chi connectivity index (χ3v) is 4.34. The Morgan fingerprint density at radius 2 is 1.48 bits per heavy atom. The molecule has 1 aliphatic rings. The maximum absolute atomic E-state index is 12.6. The lowest BCUT2D eigenvalue weighted by Gasteiger charge is -2.39. The van der Waals surface area contributed by atoms with Crippen molar-refractivity contribution < 1.29 is 28.5 Å². The third-order valence-electron chi connectivity index (χ3n) is 4.34. The summed E-state index contributed by atoms with van der Waals surface area (Å²) in [6.45, 7) is -0.0608. The summed E-state index contributed by atoms with van der Waals surface area (Å²) in [6, 6.07) is 15.7. The fraction of sp³-hybridized carbons (Fsp3) is 0.300. The molecule has 0 aromatic heterocycles. The number of methoxy groups -OCH3 is 1. The van der Waals surface area contributed by atoms with Crippen LogP contribution in [-0.4, -0.2) is 50.2 Å². The molecule has 0 N–H and O–H groups in total. The first-order valence-electron chi connectivity index (χ1n) is 8.84. The van der Waals surface area contributed by atoms with Crippen LogP contribution >= 0.6 is 0 Å². The van der Waals surface area contributed by atoms with E-state index in [1.807, 2.05) is 0 Å². The van der Waals surface area contributed by atoms with Crippen LogP contribution in [0.15, 0.2) is 65.8 Å². The maximum Gasteiger partial charge on any atom is 0.338 e. The lowest BCUT2D eigenvalue weighted by Crippen LogP contribution is -2.56. The number of hydrogen-bond acceptors (Lipinski definition) is 7. The van der Waals surface area contributed by atoms with Gasteiger partial charge in [0.05, 0.1) is 17.7 Å². The lowest BCUT2D eigenvalue weighted by atomic mass is 10.0. The van der Waals surface area contributed by atoms with Crippen molar-refractivity contribution in [2.75, 3.05) is 13.7 Å². The van der Waals surface area contributed by atoms with Gasteiger partial charge in [-0.15, -0.1) is 0 Å². The molecule has 2 aromatic rings. The van der Waals surface area contributed by atoms with E-state index in [1.165, 1.54) is 7.11 Å². The number of nitrogens with zero attached hydrogens (tertiary/aromatic N) is 3. The number of carbonyl (C=O) groups excluding carboxylic acids is 2. The first kappa shape index (κ1) is 20.3. The Hall–Kier alpha value is -3.39. The van der Waals surface area contributed by atoms with E-state index in [0.717, 1.165) is 0 Å². The summed E-state index contributed by atoms with van der Waals surface area (Å²) in [5.74, 6) is -1.30. The number of benzene rings is 2. The monoisotopic (exact) mass is 397 g/mol. The second kappa shape index (κ2) is 9.70. The van der Waals surface area contributed by atoms with Gasteiger partial charge in [-0.1, -0.05) is 41.5 Å². The quantitative estimate of drug-likeness (QED) is 0.320. The molecule has 4 atom stereocenters. The van der Waals surface area contributed by atoms with Crippen LogP contribution in [0.4, 0.5) is 0 Å². The molecule has 3 rings (SSSR count). The van der Waals surface area contributed by atoms with Gasteiger partial charge in [0.15, 0.2) is 18.5 Å². The van der Waals surface area contributed by atoms with Crippen molar-refractivity contribution in [2.45, 2.75) is 24.5 Å². The van der Waals surface area contributed by atoms with Crippen molar-refractivity contribution in [1.82, 2.24) is 0 Å². The molecule has 0 saturated carbocycles. The summed E-state index contributed by atoms with van der Waals surface area (Å²) in [6.07, 6.45) is -3.23. The molecule has 2 aromatic carbocycles. The minimum absolute atomic E-state index is 0.0608. The van der Waals surface area contributed by atoms with Gasteiger partial charge in [-0.05, 0) is 29.8 Å². The Morgan fingerprint density at radius 3 is 1.97 bits per heavy atom. The number of carbonyl (C=O) groups is 2. The van der Waals surface area contributed by atoms with Crippen LogP contribution in [0.3, 0.4) is 0 Å². The molecular weight excluding hydrogens is 378 g/mol. The van der Waals surface area contributed by atoms with Crippen LogP contribution in [0, 0.1) is 0 Å². The van der Waals surface area contributed by atoms with Gasteiger partial charge < -0.3 is 18.9 Å². The van der Waals surface area contributed by atoms with E-state index in [4.69, 9.17) is 24.5 Å². The fourth-order valence-electron chi connectivity index (χ4n) is 2.92. The fourth-order valence-corrected chi connectivity index (χ4v) is 2.92. The molecule has 1 fully saturated rings. The summed E-state index contributed by atoms with van der Waals surface area (Å²) >= 11 is 0. The Labute approximate surface area is 166 Å². The molecule has 0 bridgehead atoms. The smallest absolute Gasteiger partial charge is 0.338 e. The molecular formula is C20H19N3O6. The number of ether oxygens (including phenoxy) is 4. The van der Waals surface area contributed by atoms with Gasteiger partial charge in [-0.25, -0.2) is 9.59 Å². The molecule has 1 saturated heterocycles. The van der Waals surface area contributed by atoms with Gasteiger partial charge in [0.1, 0.15) is 6.04 Å². The molecule has 150 valence electrons. The number of rotatable bonds is 6. The van der Waals surface area contributed by atoms with Crippen LogP contribution < -0.4 is 0 Å². The number of esters is 2. The maximum atomic E-state index is 12.6. The molecule has 0 amide bonds. The summed E-state index contributed by atoms with van der Waals surface area (Å²) in [5.41, 5.74) is 9.49. The van der Waals surface area contributed by atoms with Gasteiger partial charge in [-0.2, -0.15) is 0 Å². The third kappa shape index (κ3) is 4.91. The Bertz CT molecular complexity index is 886. The Morgan fingerprint density at radius 1 is 0.966 bits per heavy atom. The summed E-state index contributed by atoms with van der Waals surface area (Å²) in [5, 5.41) is 3.64. The van der Waals surface area contributed by atoms with Crippen LogP contribution in [0.25, 0.3) is 10.4 Å². The minimum Gasteiger partial charge on any atom is -0.454 e. The van der Waals surface area contributed by atoms with Crippen molar-refractivity contribution >= 4 is 11.9 Å². The zero-order valence-electron chi connectivity index (χ0n) is 15.6. The largest absolute Gasteiger partial charge is 0.454 e. The van der Waals surface area contributed by atoms with Gasteiger partial charge >= 0.3 is 11.9 Å². The highest BCUT2D eigenvalue weighted by Gasteiger charge is 2.46. The van der Waals surface area contributed by atoms with Crippen molar-refractivity contribution in [2.24, 2.45) is 5.11 Å². The number of hydrogen-bond donors (Lipinski definition) is 0. The van der Waals surface area contributed by atoms with Crippen molar-refractivity contribution in [3.05, 3.63) is 82.2 Å². The molecule has 29 heavy (non-hydrogen) atoms. The highest BCUT2D eigenvalue weighted by atomic mass is 16.7. The van der Waals surface area contributed by atoms with Gasteiger partial charge in [0, 0.05) is 12.0 Å². The lowest BCUT2D eigenvalue weighted by molar-refractivity contribution is -0.237. The highest BCUT2D eigenvalue weighted by Crippen LogP contribution is 2.26. The van der Waals surface area contributed by atoms with Crippen molar-refractivity contribution in [3.63, 3.8) is 0 Å². The molecule has 1 heterocycles. The predicted molar refractivity (Wildman–Crippen MR) is 101 cm³/mol. The topological polar surface area (TPSA) is 120 Å². The van der Waals surface area contributed by atoms with E-state index >= 15 is 0 Å². The van der Waals surface area contributed by atoms with Crippen molar-refractivity contribution in [1.29, 1.82) is 0 Å². The van der Waals surface area contributed by atoms with Crippen molar-refractivity contribution in [3.8, 4) is 0 Å². The molecule has 0 unspecified atom stereocenters. The average molecular weight is 397 g/mol. The zero-order valence-corrected chi connectivity index (χ0v) is 15.6. The van der Waals surface area contributed by atoms with Gasteiger partial charge in [0.2, 0.25) is 0 Å². The van der Waals surface area contributed by atoms with E-state index in [9.17, 15) is 9.59 Å². The Balaban J connectivity index is 1.87. The molecule has 0 aliphatic carbocycles. The first-order chi connectivity index (χ1) is 14.1. The second-order valence-corrected chi connectivity index (χ2v) is 6.18. The second-order valence-electron chi connectivity index (χ2n) is 6.18. The normalized spacial score (nSPS) is 23.5. The first-order valence-corrected chi connectivity index (χ1v) is 8.84. The van der Waals surface area contributed by atoms with Crippen LogP contribution in [-0.2, 0) is 18.9 Å². The van der Waals surface area contributed by atoms with E-state index in [0.29, 0.717) is 11.1 Å². The molecule has 0 radical (unpaired) electrons. The van der Waals surface area contributed by atoms with E-state index in [-0.39, 0.29) is 6.61 Å². The zero-order chi connectivity index (χ0) is 20.6. The minimum atomic E-state index is -1.13. The SMILES string of the molecule is CO[C@H]1OC[C@@H](N=[N+]=[N-])[C@@H](OC(=O)c2ccccc2)[C@H]1OC(=O)c1ccccc1. The van der Waals surface area contributed by atoms with Gasteiger partial charge in [-0.3, -0.25) is 0 Å². The average Bonchev–Trinajstić information content (AvgIpc) is 2.77. The molecule has 0 spiro atoms. The van der Waals surface area contributed by atoms with Crippen LogP contribution in [0.1, 0.15) is 20.7 Å². The van der Waals surface area contributed by atoms with Crippen LogP contribution in [0.5, 0.6) is 0 Å². The summed E-state index contributed by atoms with van der Waals surface area (Å²) in [7, 11) is 1.37. The standard InChI is InChI=1S/C20H19N3O6/c1-26-20-17(29-19(25)14-10-6-3-7-11-14)16(15(12-27-20)22-23-21)28-18(24)13-8-4-2-5-9-13/h2-11,15-17,20H,12H2,1H3/t15-,16-,17-,20+/m1/s1.